The van der Waals surface area contributed by atoms with Gasteiger partial charge >= 0.3 is 0 Å². The van der Waals surface area contributed by atoms with Crippen LogP contribution in [0.2, 0.25) is 0 Å². The predicted octanol–water partition coefficient (Wildman–Crippen LogP) is 2.79. The van der Waals surface area contributed by atoms with Gasteiger partial charge in [0.1, 0.15) is 0 Å². The van der Waals surface area contributed by atoms with Crippen LogP contribution in [0.4, 0.5) is 5.13 Å². The lowest BCUT2D eigenvalue weighted by Crippen LogP contribution is -2.25. The zero-order chi connectivity index (χ0) is 15.8. The van der Waals surface area contributed by atoms with Gasteiger partial charge in [0.25, 0.3) is 0 Å². The van der Waals surface area contributed by atoms with Crippen LogP contribution in [-0.2, 0) is 24.2 Å². The van der Waals surface area contributed by atoms with Gasteiger partial charge < -0.3 is 15.2 Å². The Hall–Kier alpha value is -2.18. The Bertz CT molecular complexity index is 866. The van der Waals surface area contributed by atoms with E-state index in [0.29, 0.717) is 6.42 Å². The van der Waals surface area contributed by atoms with Crippen LogP contribution in [-0.4, -0.2) is 34.4 Å². The van der Waals surface area contributed by atoms with Gasteiger partial charge in [-0.2, -0.15) is 0 Å². The van der Waals surface area contributed by atoms with Crippen LogP contribution in [0.25, 0.3) is 10.9 Å². The Balaban J connectivity index is 1.45. The molecule has 1 aliphatic rings. The number of carbonyl (C=O) groups excluding carboxylic acids is 1. The molecule has 0 radical (unpaired) electrons. The van der Waals surface area contributed by atoms with Crippen LogP contribution in [0.5, 0.6) is 0 Å². The lowest BCUT2D eigenvalue weighted by Gasteiger charge is -2.20. The molecule has 1 aromatic carbocycles. The lowest BCUT2D eigenvalue weighted by molar-refractivity contribution is -0.115. The molecule has 118 valence electrons. The minimum atomic E-state index is -0.0182. The fraction of sp³-hybridized carbons (Fsp3) is 0.294. The number of nitrogens with zero attached hydrogens (tertiary/aromatic N) is 2. The summed E-state index contributed by atoms with van der Waals surface area (Å²) in [6.07, 6.45) is 3.23. The maximum atomic E-state index is 12.3. The molecule has 0 unspecified atom stereocenters. The smallest absolute Gasteiger partial charge is 0.230 e. The first kappa shape index (κ1) is 14.4. The fourth-order valence-electron chi connectivity index (χ4n) is 2.93. The third-order valence-corrected chi connectivity index (χ3v) is 5.15. The van der Waals surface area contributed by atoms with Crippen molar-refractivity contribution in [1.29, 1.82) is 0 Å². The van der Waals surface area contributed by atoms with E-state index in [-0.39, 0.29) is 5.91 Å². The van der Waals surface area contributed by atoms with Crippen molar-refractivity contribution in [2.24, 2.45) is 0 Å². The zero-order valence-corrected chi connectivity index (χ0v) is 13.7. The van der Waals surface area contributed by atoms with Gasteiger partial charge in [-0.15, -0.1) is 11.3 Å². The summed E-state index contributed by atoms with van der Waals surface area (Å²) in [5.41, 5.74) is 3.19. The summed E-state index contributed by atoms with van der Waals surface area (Å²) in [6.45, 7) is 1.95. The first-order chi connectivity index (χ1) is 11.2. The molecule has 4 rings (SSSR count). The number of hydrogen-bond donors (Lipinski definition) is 2. The van der Waals surface area contributed by atoms with Crippen molar-refractivity contribution in [3.63, 3.8) is 0 Å². The number of carbonyl (C=O) groups is 1. The summed E-state index contributed by atoms with van der Waals surface area (Å²) in [4.78, 5) is 23.5. The second-order valence-corrected chi connectivity index (χ2v) is 7.08. The van der Waals surface area contributed by atoms with E-state index in [1.54, 1.807) is 11.3 Å². The molecule has 3 aromatic rings. The molecule has 1 aliphatic heterocycles. The average molecular weight is 326 g/mol. The van der Waals surface area contributed by atoms with Crippen molar-refractivity contribution in [2.75, 3.05) is 18.9 Å². The first-order valence-corrected chi connectivity index (χ1v) is 8.52. The number of fused-ring (bicyclic) bond motifs is 2. The Morgan fingerprint density at radius 2 is 2.35 bits per heavy atom. The van der Waals surface area contributed by atoms with Crippen LogP contribution < -0.4 is 5.32 Å². The van der Waals surface area contributed by atoms with E-state index in [1.165, 1.54) is 4.88 Å². The molecule has 2 aromatic heterocycles. The third kappa shape index (κ3) is 3.00. The highest BCUT2D eigenvalue weighted by molar-refractivity contribution is 7.15. The molecule has 3 heterocycles. The molecule has 5 nitrogen and oxygen atoms in total. The highest BCUT2D eigenvalue weighted by atomic mass is 32.1. The summed E-state index contributed by atoms with van der Waals surface area (Å²) < 4.78 is 0. The second kappa shape index (κ2) is 5.79. The maximum Gasteiger partial charge on any atom is 0.230 e. The summed E-state index contributed by atoms with van der Waals surface area (Å²) in [6, 6.07) is 8.08. The predicted molar refractivity (Wildman–Crippen MR) is 92.8 cm³/mol. The lowest BCUT2D eigenvalue weighted by atomic mass is 10.1. The van der Waals surface area contributed by atoms with E-state index in [1.807, 2.05) is 30.5 Å². The van der Waals surface area contributed by atoms with Gasteiger partial charge in [0.05, 0.1) is 12.1 Å². The molecule has 0 spiro atoms. The normalized spacial score (nSPS) is 14.8. The SMILES string of the molecule is CN1CCc2nc(NC(=O)Cc3ccc4cc[nH]c4c3)sc2C1. The minimum Gasteiger partial charge on any atom is -0.361 e. The Morgan fingerprint density at radius 1 is 1.43 bits per heavy atom. The summed E-state index contributed by atoms with van der Waals surface area (Å²) in [7, 11) is 2.11. The van der Waals surface area contributed by atoms with E-state index in [2.05, 4.69) is 27.2 Å². The number of nitrogens with one attached hydrogen (secondary N) is 2. The van der Waals surface area contributed by atoms with Gasteiger partial charge in [0.15, 0.2) is 5.13 Å². The monoisotopic (exact) mass is 326 g/mol. The molecule has 23 heavy (non-hydrogen) atoms. The number of hydrogen-bond acceptors (Lipinski definition) is 4. The first-order valence-electron chi connectivity index (χ1n) is 7.70. The quantitative estimate of drug-likeness (QED) is 0.778. The van der Waals surface area contributed by atoms with Gasteiger partial charge in [-0.05, 0) is 30.1 Å². The van der Waals surface area contributed by atoms with E-state index in [4.69, 9.17) is 0 Å². The van der Waals surface area contributed by atoms with Crippen LogP contribution in [0.15, 0.2) is 30.5 Å². The zero-order valence-electron chi connectivity index (χ0n) is 12.9. The second-order valence-electron chi connectivity index (χ2n) is 6.00. The minimum absolute atomic E-state index is 0.0182. The molecule has 2 N–H and O–H groups in total. The average Bonchev–Trinajstić information content (AvgIpc) is 3.11. The van der Waals surface area contributed by atoms with Gasteiger partial charge in [-0.25, -0.2) is 4.98 Å². The van der Waals surface area contributed by atoms with Crippen molar-refractivity contribution < 1.29 is 4.79 Å². The van der Waals surface area contributed by atoms with Crippen molar-refractivity contribution in [2.45, 2.75) is 19.4 Å². The van der Waals surface area contributed by atoms with Crippen molar-refractivity contribution in [1.82, 2.24) is 14.9 Å². The number of rotatable bonds is 3. The van der Waals surface area contributed by atoms with Gasteiger partial charge in [0.2, 0.25) is 5.91 Å². The number of thiazole rings is 1. The van der Waals surface area contributed by atoms with Crippen LogP contribution >= 0.6 is 11.3 Å². The molecule has 1 amide bonds. The molecule has 0 saturated carbocycles. The summed E-state index contributed by atoms with van der Waals surface area (Å²) in [5.74, 6) is -0.0182. The molecular formula is C17H18N4OS. The largest absolute Gasteiger partial charge is 0.361 e. The van der Waals surface area contributed by atoms with Crippen LogP contribution in [0.3, 0.4) is 0 Å². The van der Waals surface area contributed by atoms with E-state index in [9.17, 15) is 4.79 Å². The number of likely N-dealkylation sites (N-methyl/N-ethyl adjacent to an activating group) is 1. The fourth-order valence-corrected chi connectivity index (χ4v) is 4.04. The molecular weight excluding hydrogens is 308 g/mol. The highest BCUT2D eigenvalue weighted by Gasteiger charge is 2.19. The van der Waals surface area contributed by atoms with Crippen LogP contribution in [0, 0.1) is 0 Å². The van der Waals surface area contributed by atoms with E-state index >= 15 is 0 Å². The van der Waals surface area contributed by atoms with Gasteiger partial charge in [0, 0.05) is 36.1 Å². The number of amides is 1. The number of benzene rings is 1. The summed E-state index contributed by atoms with van der Waals surface area (Å²) in [5, 5.41) is 4.82. The number of aromatic nitrogens is 2. The Labute approximate surface area is 138 Å². The van der Waals surface area contributed by atoms with Gasteiger partial charge in [-0.1, -0.05) is 12.1 Å². The van der Waals surface area contributed by atoms with Crippen molar-refractivity contribution >= 4 is 33.3 Å². The van der Waals surface area contributed by atoms with E-state index < -0.39 is 0 Å². The van der Waals surface area contributed by atoms with Crippen molar-refractivity contribution in [3.05, 3.63) is 46.6 Å². The molecule has 0 aliphatic carbocycles. The van der Waals surface area contributed by atoms with Crippen molar-refractivity contribution in [3.8, 4) is 0 Å². The number of anilines is 1. The molecule has 0 fully saturated rings. The van der Waals surface area contributed by atoms with Gasteiger partial charge in [-0.3, -0.25) is 4.79 Å². The molecule has 0 saturated heterocycles. The maximum absolute atomic E-state index is 12.3. The topological polar surface area (TPSA) is 61.0 Å². The molecule has 0 bridgehead atoms. The third-order valence-electron chi connectivity index (χ3n) is 4.15. The summed E-state index contributed by atoms with van der Waals surface area (Å²) >= 11 is 1.59. The van der Waals surface area contributed by atoms with E-state index in [0.717, 1.165) is 46.8 Å². The van der Waals surface area contributed by atoms with Crippen LogP contribution in [0.1, 0.15) is 16.1 Å². The highest BCUT2D eigenvalue weighted by Crippen LogP contribution is 2.27. The molecule has 0 atom stereocenters. The Kier molecular flexibility index (Phi) is 3.63. The number of aromatic amines is 1. The standard InChI is InChI=1S/C17H18N4OS/c1-21-7-5-13-15(10-21)23-17(19-13)20-16(22)9-11-2-3-12-4-6-18-14(12)8-11/h2-4,6,8,18H,5,7,9-10H2,1H3,(H,19,20,22). The molecule has 6 heteroatoms. The Morgan fingerprint density at radius 3 is 3.26 bits per heavy atom. The number of H-pyrrole nitrogens is 1.